The zero-order chi connectivity index (χ0) is 17.9. The van der Waals surface area contributed by atoms with Gasteiger partial charge in [0, 0.05) is 18.3 Å². The minimum absolute atomic E-state index is 0.0443. The van der Waals surface area contributed by atoms with Crippen molar-refractivity contribution in [3.8, 4) is 5.88 Å². The van der Waals surface area contributed by atoms with E-state index in [-0.39, 0.29) is 12.1 Å². The van der Waals surface area contributed by atoms with Crippen molar-refractivity contribution < 1.29 is 13.2 Å². The number of nitrogens with zero attached hydrogens (tertiary/aromatic N) is 1. The molecule has 6 heteroatoms. The second-order valence-electron chi connectivity index (χ2n) is 6.70. The van der Waals surface area contributed by atoms with E-state index in [0.717, 1.165) is 36.8 Å². The Hall–Kier alpha value is -1.92. The van der Waals surface area contributed by atoms with Gasteiger partial charge in [0.25, 0.3) is 0 Å². The van der Waals surface area contributed by atoms with Gasteiger partial charge in [0.2, 0.25) is 15.9 Å². The molecule has 0 spiro atoms. The van der Waals surface area contributed by atoms with Crippen LogP contribution in [0.3, 0.4) is 0 Å². The van der Waals surface area contributed by atoms with Crippen LogP contribution in [0.4, 0.5) is 0 Å². The first-order valence-corrected chi connectivity index (χ1v) is 10.1. The lowest BCUT2D eigenvalue weighted by atomic mass is 9.94. The molecule has 0 unspecified atom stereocenters. The van der Waals surface area contributed by atoms with Crippen molar-refractivity contribution in [3.05, 3.63) is 53.7 Å². The van der Waals surface area contributed by atoms with Crippen LogP contribution in [0.5, 0.6) is 5.88 Å². The molecule has 25 heavy (non-hydrogen) atoms. The van der Waals surface area contributed by atoms with E-state index in [0.29, 0.717) is 10.8 Å². The van der Waals surface area contributed by atoms with Crippen LogP contribution in [0.15, 0.2) is 47.5 Å². The lowest BCUT2D eigenvalue weighted by Gasteiger charge is -2.29. The first-order chi connectivity index (χ1) is 11.9. The molecular weight excluding hydrogens is 336 g/mol. The van der Waals surface area contributed by atoms with Crippen LogP contribution in [0, 0.1) is 13.8 Å². The van der Waals surface area contributed by atoms with Crippen LogP contribution in [0.25, 0.3) is 0 Å². The van der Waals surface area contributed by atoms with Crippen molar-refractivity contribution in [2.75, 3.05) is 0 Å². The summed E-state index contributed by atoms with van der Waals surface area (Å²) in [5.41, 5.74) is 2.14. The number of hydrogen-bond donors (Lipinski definition) is 1. The molecule has 1 aliphatic rings. The standard InChI is InChI=1S/C19H24N2O3S/c1-14-3-10-18(11-4-14)25(22,23)21-16-6-8-17(9-7-16)24-19-12-5-15(2)13-20-19/h3-5,10-13,16-17,21H,6-9H2,1-2H3. The molecule has 0 atom stereocenters. The largest absolute Gasteiger partial charge is 0.474 e. The summed E-state index contributed by atoms with van der Waals surface area (Å²) in [7, 11) is -3.46. The monoisotopic (exact) mass is 360 g/mol. The topological polar surface area (TPSA) is 68.3 Å². The molecule has 134 valence electrons. The summed E-state index contributed by atoms with van der Waals surface area (Å²) in [6, 6.07) is 10.7. The smallest absolute Gasteiger partial charge is 0.240 e. The van der Waals surface area contributed by atoms with E-state index in [1.807, 2.05) is 38.1 Å². The predicted molar refractivity (Wildman–Crippen MR) is 97.1 cm³/mol. The molecule has 0 bridgehead atoms. The van der Waals surface area contributed by atoms with Gasteiger partial charge in [-0.25, -0.2) is 18.1 Å². The molecule has 1 fully saturated rings. The quantitative estimate of drug-likeness (QED) is 0.888. The maximum absolute atomic E-state index is 12.5. The highest BCUT2D eigenvalue weighted by Crippen LogP contribution is 2.24. The molecular formula is C19H24N2O3S. The first-order valence-electron chi connectivity index (χ1n) is 8.61. The van der Waals surface area contributed by atoms with Gasteiger partial charge in [0.15, 0.2) is 0 Å². The molecule has 1 N–H and O–H groups in total. The second kappa shape index (κ2) is 7.54. The summed E-state index contributed by atoms with van der Waals surface area (Å²) in [6.45, 7) is 3.93. The Kier molecular flexibility index (Phi) is 5.39. The van der Waals surface area contributed by atoms with Gasteiger partial charge >= 0.3 is 0 Å². The van der Waals surface area contributed by atoms with Gasteiger partial charge in [-0.1, -0.05) is 23.8 Å². The zero-order valence-corrected chi connectivity index (χ0v) is 15.4. The Morgan fingerprint density at radius 1 is 0.960 bits per heavy atom. The summed E-state index contributed by atoms with van der Waals surface area (Å²) < 4.78 is 33.6. The number of sulfonamides is 1. The van der Waals surface area contributed by atoms with Crippen LogP contribution in [0.1, 0.15) is 36.8 Å². The fraction of sp³-hybridized carbons (Fsp3) is 0.421. The van der Waals surface area contributed by atoms with Crippen LogP contribution in [0.2, 0.25) is 0 Å². The third kappa shape index (κ3) is 4.80. The maximum Gasteiger partial charge on any atom is 0.240 e. The maximum atomic E-state index is 12.5. The Balaban J connectivity index is 1.53. The fourth-order valence-electron chi connectivity index (χ4n) is 3.00. The SMILES string of the molecule is Cc1ccc(S(=O)(=O)NC2CCC(Oc3ccc(C)cn3)CC2)cc1. The molecule has 0 saturated heterocycles. The summed E-state index contributed by atoms with van der Waals surface area (Å²) in [5.74, 6) is 0.634. The molecule has 1 aromatic heterocycles. The molecule has 0 radical (unpaired) electrons. The molecule has 1 aliphatic carbocycles. The van der Waals surface area contributed by atoms with Crippen molar-refractivity contribution >= 4 is 10.0 Å². The van der Waals surface area contributed by atoms with E-state index < -0.39 is 10.0 Å². The molecule has 1 saturated carbocycles. The number of ether oxygens (including phenoxy) is 1. The molecule has 3 rings (SSSR count). The summed E-state index contributed by atoms with van der Waals surface area (Å²) in [4.78, 5) is 4.58. The Labute approximate surface area is 149 Å². The fourth-order valence-corrected chi connectivity index (χ4v) is 4.30. The van der Waals surface area contributed by atoms with Crippen molar-refractivity contribution in [2.24, 2.45) is 0 Å². The van der Waals surface area contributed by atoms with Gasteiger partial charge in [-0.05, 0) is 57.2 Å². The Bertz CT molecular complexity index is 794. The highest BCUT2D eigenvalue weighted by Gasteiger charge is 2.26. The lowest BCUT2D eigenvalue weighted by molar-refractivity contribution is 0.138. The highest BCUT2D eigenvalue weighted by atomic mass is 32.2. The van der Waals surface area contributed by atoms with Gasteiger partial charge in [-0.3, -0.25) is 0 Å². The molecule has 5 nitrogen and oxygen atoms in total. The number of rotatable bonds is 5. The second-order valence-corrected chi connectivity index (χ2v) is 8.41. The third-order valence-corrected chi connectivity index (χ3v) is 6.04. The Morgan fingerprint density at radius 3 is 2.20 bits per heavy atom. The van der Waals surface area contributed by atoms with E-state index in [1.165, 1.54) is 0 Å². The molecule has 1 aromatic carbocycles. The van der Waals surface area contributed by atoms with Crippen molar-refractivity contribution in [2.45, 2.75) is 56.6 Å². The van der Waals surface area contributed by atoms with Crippen molar-refractivity contribution in [3.63, 3.8) is 0 Å². The van der Waals surface area contributed by atoms with E-state index in [4.69, 9.17) is 4.74 Å². The van der Waals surface area contributed by atoms with Crippen LogP contribution in [-0.4, -0.2) is 25.5 Å². The summed E-state index contributed by atoms with van der Waals surface area (Å²) in [5, 5.41) is 0. The number of benzene rings is 1. The number of aromatic nitrogens is 1. The van der Waals surface area contributed by atoms with Gasteiger partial charge in [0.1, 0.15) is 6.10 Å². The number of hydrogen-bond acceptors (Lipinski definition) is 4. The minimum atomic E-state index is -3.46. The number of pyridine rings is 1. The number of nitrogens with one attached hydrogen (secondary N) is 1. The van der Waals surface area contributed by atoms with Crippen LogP contribution in [-0.2, 0) is 10.0 Å². The molecule has 0 amide bonds. The zero-order valence-electron chi connectivity index (χ0n) is 14.6. The third-order valence-electron chi connectivity index (χ3n) is 4.50. The van der Waals surface area contributed by atoms with Crippen molar-refractivity contribution in [1.82, 2.24) is 9.71 Å². The molecule has 1 heterocycles. The average molecular weight is 360 g/mol. The summed E-state index contributed by atoms with van der Waals surface area (Å²) >= 11 is 0. The van der Waals surface area contributed by atoms with Crippen molar-refractivity contribution in [1.29, 1.82) is 0 Å². The van der Waals surface area contributed by atoms with Gasteiger partial charge in [-0.2, -0.15) is 0 Å². The highest BCUT2D eigenvalue weighted by molar-refractivity contribution is 7.89. The lowest BCUT2D eigenvalue weighted by Crippen LogP contribution is -2.39. The van der Waals surface area contributed by atoms with Gasteiger partial charge < -0.3 is 4.74 Å². The summed E-state index contributed by atoms with van der Waals surface area (Å²) in [6.07, 6.45) is 5.04. The molecule has 2 aromatic rings. The van der Waals surface area contributed by atoms with Crippen LogP contribution >= 0.6 is 0 Å². The predicted octanol–water partition coefficient (Wildman–Crippen LogP) is 3.37. The van der Waals surface area contributed by atoms with E-state index in [2.05, 4.69) is 9.71 Å². The first kappa shape index (κ1) is 17.9. The molecule has 0 aliphatic heterocycles. The van der Waals surface area contributed by atoms with E-state index in [1.54, 1.807) is 18.3 Å². The van der Waals surface area contributed by atoms with Crippen LogP contribution < -0.4 is 9.46 Å². The normalized spacial score (nSPS) is 21.0. The number of aryl methyl sites for hydroxylation is 2. The average Bonchev–Trinajstić information content (AvgIpc) is 2.59. The van der Waals surface area contributed by atoms with E-state index in [9.17, 15) is 8.42 Å². The van der Waals surface area contributed by atoms with E-state index >= 15 is 0 Å². The minimum Gasteiger partial charge on any atom is -0.474 e. The van der Waals surface area contributed by atoms with Gasteiger partial charge in [0.05, 0.1) is 4.90 Å². The van der Waals surface area contributed by atoms with Gasteiger partial charge in [-0.15, -0.1) is 0 Å². The Morgan fingerprint density at radius 2 is 1.60 bits per heavy atom.